The second-order valence-electron chi connectivity index (χ2n) is 6.76. The molecule has 0 amide bonds. The van der Waals surface area contributed by atoms with Crippen LogP contribution < -0.4 is 0 Å². The van der Waals surface area contributed by atoms with Gasteiger partial charge in [0.15, 0.2) is 29.0 Å². The van der Waals surface area contributed by atoms with E-state index in [2.05, 4.69) is 24.1 Å². The predicted octanol–water partition coefficient (Wildman–Crippen LogP) is 6.94. The first-order chi connectivity index (χ1) is 12.4. The fourth-order valence-corrected chi connectivity index (χ4v) is 3.62. The smallest absolute Gasteiger partial charge is 0.189 e. The fraction of sp³-hybridized carbons (Fsp3) is 0.350. The van der Waals surface area contributed by atoms with Crippen LogP contribution in [-0.2, 0) is 0 Å². The highest BCUT2D eigenvalue weighted by Crippen LogP contribution is 2.38. The quantitative estimate of drug-likeness (QED) is 0.244. The van der Waals surface area contributed by atoms with Crippen molar-refractivity contribution in [3.63, 3.8) is 0 Å². The van der Waals surface area contributed by atoms with Gasteiger partial charge in [-0.05, 0) is 48.0 Å². The average molecular weight is 379 g/mol. The first kappa shape index (κ1) is 18.7. The van der Waals surface area contributed by atoms with E-state index in [9.17, 15) is 17.6 Å². The molecule has 6 heteroatoms. The van der Waals surface area contributed by atoms with Gasteiger partial charge in [-0.2, -0.15) is 4.99 Å². The van der Waals surface area contributed by atoms with Crippen LogP contribution in [0.5, 0.6) is 0 Å². The molecule has 2 aromatic rings. The van der Waals surface area contributed by atoms with E-state index in [1.807, 2.05) is 0 Å². The number of hydrogen-bond acceptors (Lipinski definition) is 2. The zero-order valence-electron chi connectivity index (χ0n) is 14.2. The van der Waals surface area contributed by atoms with Crippen LogP contribution >= 0.6 is 12.2 Å². The van der Waals surface area contributed by atoms with E-state index in [0.29, 0.717) is 11.8 Å². The van der Waals surface area contributed by atoms with Crippen LogP contribution in [0.15, 0.2) is 29.3 Å². The summed E-state index contributed by atoms with van der Waals surface area (Å²) in [5.41, 5.74) is -0.702. The Morgan fingerprint density at radius 2 is 1.42 bits per heavy atom. The van der Waals surface area contributed by atoms with Gasteiger partial charge < -0.3 is 0 Å². The molecule has 26 heavy (non-hydrogen) atoms. The molecular formula is C20H17F4NS. The van der Waals surface area contributed by atoms with Gasteiger partial charge in [-0.1, -0.05) is 44.0 Å². The molecule has 2 aromatic carbocycles. The molecule has 1 nitrogen and oxygen atoms in total. The molecule has 0 spiro atoms. The standard InChI is InChI=1S/C20H17F4NS/c1-11-2-4-12(5-3-11)13-6-8-14(9-7-13)15-16(21)18(23)20(25-10-26)19(24)17(15)22/h6-9,11-12H,2-5H2,1H3. The molecule has 0 aliphatic heterocycles. The van der Waals surface area contributed by atoms with E-state index in [1.54, 1.807) is 17.3 Å². The number of benzene rings is 2. The topological polar surface area (TPSA) is 12.4 Å². The zero-order valence-corrected chi connectivity index (χ0v) is 15.0. The van der Waals surface area contributed by atoms with Gasteiger partial charge in [0.2, 0.25) is 0 Å². The third-order valence-corrected chi connectivity index (χ3v) is 5.18. The van der Waals surface area contributed by atoms with E-state index in [1.165, 1.54) is 12.1 Å². The van der Waals surface area contributed by atoms with Gasteiger partial charge in [-0.3, -0.25) is 0 Å². The summed E-state index contributed by atoms with van der Waals surface area (Å²) in [6.45, 7) is 2.23. The van der Waals surface area contributed by atoms with Crippen LogP contribution in [0.3, 0.4) is 0 Å². The maximum absolute atomic E-state index is 14.3. The molecule has 0 N–H and O–H groups in total. The minimum absolute atomic E-state index is 0.0728. The van der Waals surface area contributed by atoms with Gasteiger partial charge >= 0.3 is 0 Å². The van der Waals surface area contributed by atoms with Crippen LogP contribution in [-0.4, -0.2) is 5.16 Å². The highest BCUT2D eigenvalue weighted by molar-refractivity contribution is 7.78. The number of hydrogen-bond donors (Lipinski definition) is 0. The first-order valence-corrected chi connectivity index (χ1v) is 8.89. The van der Waals surface area contributed by atoms with E-state index in [-0.39, 0.29) is 5.56 Å². The number of nitrogens with zero attached hydrogens (tertiary/aromatic N) is 1. The van der Waals surface area contributed by atoms with Gasteiger partial charge in [0, 0.05) is 0 Å². The minimum atomic E-state index is -1.58. The largest absolute Gasteiger partial charge is 0.203 e. The molecule has 136 valence electrons. The van der Waals surface area contributed by atoms with Crippen molar-refractivity contribution in [3.8, 4) is 11.1 Å². The molecule has 1 saturated carbocycles. The number of isothiocyanates is 1. The third-order valence-electron chi connectivity index (χ3n) is 5.08. The van der Waals surface area contributed by atoms with Crippen molar-refractivity contribution >= 4 is 23.1 Å². The van der Waals surface area contributed by atoms with Gasteiger partial charge in [0.05, 0.1) is 10.7 Å². The molecule has 1 fully saturated rings. The van der Waals surface area contributed by atoms with Gasteiger partial charge in [0.25, 0.3) is 0 Å². The summed E-state index contributed by atoms with van der Waals surface area (Å²) in [5, 5.41) is 1.72. The molecule has 0 radical (unpaired) electrons. The number of halogens is 4. The molecule has 0 aromatic heterocycles. The highest BCUT2D eigenvalue weighted by Gasteiger charge is 2.26. The van der Waals surface area contributed by atoms with Gasteiger partial charge in [-0.25, -0.2) is 17.6 Å². The molecule has 0 unspecified atom stereocenters. The SMILES string of the molecule is CC1CCC(c2ccc(-c3c(F)c(F)c(N=C=S)c(F)c3F)cc2)CC1. The maximum Gasteiger partial charge on any atom is 0.189 e. The van der Waals surface area contributed by atoms with E-state index in [4.69, 9.17) is 0 Å². The first-order valence-electron chi connectivity index (χ1n) is 8.48. The second kappa shape index (κ2) is 7.68. The van der Waals surface area contributed by atoms with Crippen molar-refractivity contribution < 1.29 is 17.6 Å². The molecular weight excluding hydrogens is 362 g/mol. The Kier molecular flexibility index (Phi) is 5.54. The Hall–Kier alpha value is -2.04. The lowest BCUT2D eigenvalue weighted by Gasteiger charge is -2.26. The molecule has 0 atom stereocenters. The Balaban J connectivity index is 1.98. The van der Waals surface area contributed by atoms with Crippen molar-refractivity contribution in [3.05, 3.63) is 53.1 Å². The Morgan fingerprint density at radius 3 is 1.92 bits per heavy atom. The summed E-state index contributed by atoms with van der Waals surface area (Å²) < 4.78 is 56.7. The van der Waals surface area contributed by atoms with Crippen LogP contribution in [0.1, 0.15) is 44.1 Å². The fourth-order valence-electron chi connectivity index (χ4n) is 3.53. The van der Waals surface area contributed by atoms with Crippen LogP contribution in [0.25, 0.3) is 11.1 Å². The van der Waals surface area contributed by atoms with Gasteiger partial charge in [-0.15, -0.1) is 0 Å². The highest BCUT2D eigenvalue weighted by atomic mass is 32.1. The summed E-state index contributed by atoms with van der Waals surface area (Å²) in [6.07, 6.45) is 4.43. The predicted molar refractivity (Wildman–Crippen MR) is 96.8 cm³/mol. The third kappa shape index (κ3) is 3.44. The summed E-state index contributed by atoms with van der Waals surface area (Å²) in [6, 6.07) is 6.54. The molecule has 1 aliphatic rings. The maximum atomic E-state index is 14.3. The Labute approximate surface area is 154 Å². The summed E-state index contributed by atoms with van der Waals surface area (Å²) >= 11 is 4.25. The van der Waals surface area contributed by atoms with Crippen molar-refractivity contribution in [2.45, 2.75) is 38.5 Å². The second-order valence-corrected chi connectivity index (χ2v) is 6.94. The Morgan fingerprint density at radius 1 is 0.885 bits per heavy atom. The number of thiocarbonyl (C=S) groups is 1. The molecule has 0 bridgehead atoms. The van der Waals surface area contributed by atoms with Crippen molar-refractivity contribution in [2.24, 2.45) is 10.9 Å². The normalized spacial score (nSPS) is 19.9. The van der Waals surface area contributed by atoms with Crippen molar-refractivity contribution in [1.82, 2.24) is 0 Å². The molecule has 0 saturated heterocycles. The summed E-state index contributed by atoms with van der Waals surface area (Å²) in [7, 11) is 0. The lowest BCUT2D eigenvalue weighted by molar-refractivity contribution is 0.348. The van der Waals surface area contributed by atoms with Crippen LogP contribution in [0, 0.1) is 29.2 Å². The van der Waals surface area contributed by atoms with Gasteiger partial charge in [0.1, 0.15) is 0 Å². The number of aliphatic imine (C=N–C) groups is 1. The number of rotatable bonds is 3. The molecule has 0 heterocycles. The monoisotopic (exact) mass is 379 g/mol. The van der Waals surface area contributed by atoms with E-state index >= 15 is 0 Å². The van der Waals surface area contributed by atoms with Crippen LogP contribution in [0.2, 0.25) is 0 Å². The van der Waals surface area contributed by atoms with Crippen molar-refractivity contribution in [1.29, 1.82) is 0 Å². The van der Waals surface area contributed by atoms with E-state index < -0.39 is 34.5 Å². The lowest BCUT2D eigenvalue weighted by Crippen LogP contribution is -2.10. The average Bonchev–Trinajstić information content (AvgIpc) is 2.65. The Bertz CT molecular complexity index is 835. The molecule has 1 aliphatic carbocycles. The van der Waals surface area contributed by atoms with Crippen LogP contribution in [0.4, 0.5) is 23.2 Å². The summed E-state index contributed by atoms with van der Waals surface area (Å²) in [4.78, 5) is 3.08. The minimum Gasteiger partial charge on any atom is -0.203 e. The zero-order chi connectivity index (χ0) is 18.8. The van der Waals surface area contributed by atoms with Crippen molar-refractivity contribution in [2.75, 3.05) is 0 Å². The lowest BCUT2D eigenvalue weighted by atomic mass is 9.79. The summed E-state index contributed by atoms with van der Waals surface area (Å²) in [5.74, 6) is -5.03. The molecule has 3 rings (SSSR count). The van der Waals surface area contributed by atoms with E-state index in [0.717, 1.165) is 31.2 Å².